The normalized spacial score (nSPS) is 17.5. The molecule has 2 heterocycles. The Hall–Kier alpha value is -2.06. The molecule has 1 aromatic carbocycles. The third kappa shape index (κ3) is 2.54. The van der Waals surface area contributed by atoms with Gasteiger partial charge in [0.1, 0.15) is 0 Å². The van der Waals surface area contributed by atoms with Crippen molar-refractivity contribution < 1.29 is 0 Å². The van der Waals surface area contributed by atoms with Gasteiger partial charge in [0.15, 0.2) is 0 Å². The quantitative estimate of drug-likeness (QED) is 0.860. The van der Waals surface area contributed by atoms with Crippen LogP contribution >= 0.6 is 0 Å². The van der Waals surface area contributed by atoms with E-state index in [4.69, 9.17) is 5.26 Å². The Bertz CT molecular complexity index is 616. The third-order valence-electron chi connectivity index (χ3n) is 3.67. The Kier molecular flexibility index (Phi) is 3.10. The van der Waals surface area contributed by atoms with Crippen molar-refractivity contribution in [3.63, 3.8) is 0 Å². The minimum absolute atomic E-state index is 0.479. The van der Waals surface area contributed by atoms with Gasteiger partial charge in [-0.05, 0) is 51.2 Å². The van der Waals surface area contributed by atoms with Gasteiger partial charge in [-0.2, -0.15) is 5.26 Å². The Morgan fingerprint density at radius 1 is 1.42 bits per heavy atom. The molecule has 0 unspecified atom stereocenters. The summed E-state index contributed by atoms with van der Waals surface area (Å²) in [6.45, 7) is 2.24. The van der Waals surface area contributed by atoms with Crippen molar-refractivity contribution in [3.05, 3.63) is 23.8 Å². The number of rotatable bonds is 2. The summed E-state index contributed by atoms with van der Waals surface area (Å²) in [6, 6.07) is 8.13. The zero-order valence-corrected chi connectivity index (χ0v) is 11.0. The van der Waals surface area contributed by atoms with Crippen LogP contribution in [-0.4, -0.2) is 41.0 Å². The summed E-state index contributed by atoms with van der Waals surface area (Å²) in [6.07, 6.45) is 2.27. The number of H-pyrrole nitrogens is 1. The Labute approximate surface area is 112 Å². The monoisotopic (exact) mass is 255 g/mol. The van der Waals surface area contributed by atoms with E-state index in [-0.39, 0.29) is 0 Å². The van der Waals surface area contributed by atoms with Crippen LogP contribution in [-0.2, 0) is 0 Å². The molecule has 1 aromatic heterocycles. The van der Waals surface area contributed by atoms with Crippen molar-refractivity contribution in [3.8, 4) is 6.07 Å². The van der Waals surface area contributed by atoms with E-state index in [0.29, 0.717) is 11.6 Å². The molecule has 1 aliphatic heterocycles. The highest BCUT2D eigenvalue weighted by molar-refractivity contribution is 5.79. The number of aromatic amines is 1. The lowest BCUT2D eigenvalue weighted by Crippen LogP contribution is -2.36. The molecule has 98 valence electrons. The predicted molar refractivity (Wildman–Crippen MR) is 75.0 cm³/mol. The average molecular weight is 255 g/mol. The van der Waals surface area contributed by atoms with Gasteiger partial charge in [-0.1, -0.05) is 0 Å². The molecule has 5 nitrogen and oxygen atoms in total. The summed E-state index contributed by atoms with van der Waals surface area (Å²) in [7, 11) is 2.15. The molecule has 2 aromatic rings. The first kappa shape index (κ1) is 12.0. The molecular formula is C14H17N5. The summed E-state index contributed by atoms with van der Waals surface area (Å²) in [5, 5.41) is 12.3. The fourth-order valence-corrected chi connectivity index (χ4v) is 2.49. The van der Waals surface area contributed by atoms with Crippen LogP contribution < -0.4 is 5.32 Å². The minimum Gasteiger partial charge on any atom is -0.353 e. The minimum atomic E-state index is 0.479. The molecule has 1 fully saturated rings. The highest BCUT2D eigenvalue weighted by Crippen LogP contribution is 2.18. The molecule has 0 atom stereocenters. The highest BCUT2D eigenvalue weighted by atomic mass is 15.2. The predicted octanol–water partition coefficient (Wildman–Crippen LogP) is 1.94. The molecule has 0 saturated carbocycles. The van der Waals surface area contributed by atoms with Crippen molar-refractivity contribution in [2.45, 2.75) is 18.9 Å². The number of hydrogen-bond donors (Lipinski definition) is 2. The van der Waals surface area contributed by atoms with Crippen molar-refractivity contribution in [2.24, 2.45) is 0 Å². The van der Waals surface area contributed by atoms with Gasteiger partial charge in [0.2, 0.25) is 5.95 Å². The second-order valence-corrected chi connectivity index (χ2v) is 5.15. The summed E-state index contributed by atoms with van der Waals surface area (Å²) < 4.78 is 0. The van der Waals surface area contributed by atoms with Gasteiger partial charge in [-0.15, -0.1) is 0 Å². The van der Waals surface area contributed by atoms with E-state index in [1.54, 1.807) is 6.07 Å². The SMILES string of the molecule is CN1CCC(Nc2nc3ccc(C#N)cc3[nH]2)CC1. The fraction of sp³-hybridized carbons (Fsp3) is 0.429. The molecule has 0 aliphatic carbocycles. The van der Waals surface area contributed by atoms with Crippen LogP contribution in [0.3, 0.4) is 0 Å². The van der Waals surface area contributed by atoms with Gasteiger partial charge in [-0.25, -0.2) is 4.98 Å². The van der Waals surface area contributed by atoms with Crippen LogP contribution in [0.1, 0.15) is 18.4 Å². The van der Waals surface area contributed by atoms with Crippen molar-refractivity contribution >= 4 is 17.0 Å². The first-order chi connectivity index (χ1) is 9.24. The number of fused-ring (bicyclic) bond motifs is 1. The molecule has 0 amide bonds. The smallest absolute Gasteiger partial charge is 0.201 e. The van der Waals surface area contributed by atoms with Crippen LogP contribution in [0, 0.1) is 11.3 Å². The molecule has 0 spiro atoms. The lowest BCUT2D eigenvalue weighted by molar-refractivity contribution is 0.263. The average Bonchev–Trinajstić information content (AvgIpc) is 2.82. The van der Waals surface area contributed by atoms with E-state index in [1.165, 1.54) is 0 Å². The van der Waals surface area contributed by atoms with Crippen LogP contribution in [0.15, 0.2) is 18.2 Å². The van der Waals surface area contributed by atoms with Crippen molar-refractivity contribution in [1.29, 1.82) is 5.26 Å². The molecule has 19 heavy (non-hydrogen) atoms. The molecule has 5 heteroatoms. The fourth-order valence-electron chi connectivity index (χ4n) is 2.49. The van der Waals surface area contributed by atoms with Crippen LogP contribution in [0.25, 0.3) is 11.0 Å². The molecule has 0 radical (unpaired) electrons. The Morgan fingerprint density at radius 2 is 2.21 bits per heavy atom. The summed E-state index contributed by atoms with van der Waals surface area (Å²) in [4.78, 5) is 10.1. The number of imidazole rings is 1. The summed E-state index contributed by atoms with van der Waals surface area (Å²) in [5.74, 6) is 0.805. The van der Waals surface area contributed by atoms with Crippen molar-refractivity contribution in [1.82, 2.24) is 14.9 Å². The van der Waals surface area contributed by atoms with E-state index in [0.717, 1.165) is 42.9 Å². The zero-order valence-electron chi connectivity index (χ0n) is 11.0. The zero-order chi connectivity index (χ0) is 13.2. The van der Waals surface area contributed by atoms with Gasteiger partial charge in [-0.3, -0.25) is 0 Å². The van der Waals surface area contributed by atoms with E-state index in [1.807, 2.05) is 12.1 Å². The lowest BCUT2D eigenvalue weighted by atomic mass is 10.1. The number of benzene rings is 1. The number of piperidine rings is 1. The largest absolute Gasteiger partial charge is 0.353 e. The molecule has 1 aliphatic rings. The summed E-state index contributed by atoms with van der Waals surface area (Å²) >= 11 is 0. The summed E-state index contributed by atoms with van der Waals surface area (Å²) in [5.41, 5.74) is 2.46. The first-order valence-electron chi connectivity index (χ1n) is 6.59. The third-order valence-corrected chi connectivity index (χ3v) is 3.67. The molecule has 1 saturated heterocycles. The maximum Gasteiger partial charge on any atom is 0.201 e. The van der Waals surface area contributed by atoms with Gasteiger partial charge >= 0.3 is 0 Å². The number of likely N-dealkylation sites (tertiary alicyclic amines) is 1. The number of nitriles is 1. The van der Waals surface area contributed by atoms with Crippen LogP contribution in [0.4, 0.5) is 5.95 Å². The Balaban J connectivity index is 1.76. The van der Waals surface area contributed by atoms with Crippen LogP contribution in [0.5, 0.6) is 0 Å². The van der Waals surface area contributed by atoms with Gasteiger partial charge in [0.25, 0.3) is 0 Å². The maximum atomic E-state index is 8.89. The molecule has 0 bridgehead atoms. The van der Waals surface area contributed by atoms with Gasteiger partial charge in [0, 0.05) is 6.04 Å². The number of hydrogen-bond acceptors (Lipinski definition) is 4. The second-order valence-electron chi connectivity index (χ2n) is 5.15. The molecular weight excluding hydrogens is 238 g/mol. The number of nitrogens with zero attached hydrogens (tertiary/aromatic N) is 3. The maximum absolute atomic E-state index is 8.89. The van der Waals surface area contributed by atoms with Gasteiger partial charge < -0.3 is 15.2 Å². The number of aromatic nitrogens is 2. The highest BCUT2D eigenvalue weighted by Gasteiger charge is 2.17. The molecule has 3 rings (SSSR count). The Morgan fingerprint density at radius 3 is 2.95 bits per heavy atom. The van der Waals surface area contributed by atoms with E-state index in [9.17, 15) is 0 Å². The van der Waals surface area contributed by atoms with E-state index < -0.39 is 0 Å². The van der Waals surface area contributed by atoms with Crippen molar-refractivity contribution in [2.75, 3.05) is 25.5 Å². The van der Waals surface area contributed by atoms with Crippen LogP contribution in [0.2, 0.25) is 0 Å². The second kappa shape index (κ2) is 4.90. The lowest BCUT2D eigenvalue weighted by Gasteiger charge is -2.29. The van der Waals surface area contributed by atoms with E-state index >= 15 is 0 Å². The first-order valence-corrected chi connectivity index (χ1v) is 6.59. The number of nitrogens with one attached hydrogen (secondary N) is 2. The molecule has 2 N–H and O–H groups in total. The number of anilines is 1. The van der Waals surface area contributed by atoms with E-state index in [2.05, 4.69) is 33.3 Å². The topological polar surface area (TPSA) is 67.7 Å². The van der Waals surface area contributed by atoms with Gasteiger partial charge in [0.05, 0.1) is 22.7 Å². The standard InChI is InChI=1S/C14H17N5/c1-19-6-4-11(5-7-19)16-14-17-12-3-2-10(9-15)8-13(12)18-14/h2-3,8,11H,4-7H2,1H3,(H2,16,17,18).